The quantitative estimate of drug-likeness (QED) is 0.583. The molecule has 2 heterocycles. The molecule has 0 aliphatic rings. The lowest BCUT2D eigenvalue weighted by Gasteiger charge is -2.09. The van der Waals surface area contributed by atoms with Gasteiger partial charge in [-0.25, -0.2) is 9.48 Å². The zero-order chi connectivity index (χ0) is 16.9. The third kappa shape index (κ3) is 3.59. The number of rotatable bonds is 6. The monoisotopic (exact) mass is 325 g/mol. The van der Waals surface area contributed by atoms with E-state index in [-0.39, 0.29) is 6.03 Å². The smallest absolute Gasteiger partial charge is 0.324 e. The van der Waals surface area contributed by atoms with Gasteiger partial charge < -0.3 is 10.3 Å². The number of amides is 2. The maximum atomic E-state index is 12.3. The zero-order valence-corrected chi connectivity index (χ0v) is 14.1. The molecule has 24 heavy (non-hydrogen) atoms. The number of hydrogen-bond donors (Lipinski definition) is 3. The molecular formula is C18H23N5O. The van der Waals surface area contributed by atoms with Crippen molar-refractivity contribution in [1.29, 1.82) is 0 Å². The fraction of sp³-hybridized carbons (Fsp3) is 0.333. The fourth-order valence-electron chi connectivity index (χ4n) is 2.77. The maximum absolute atomic E-state index is 12.3. The van der Waals surface area contributed by atoms with E-state index in [1.165, 1.54) is 0 Å². The predicted octanol–water partition coefficient (Wildman–Crippen LogP) is 4.51. The second kappa shape index (κ2) is 7.21. The largest absolute Gasteiger partial charge is 0.359 e. The number of benzene rings is 1. The second-order valence-electron chi connectivity index (χ2n) is 5.93. The van der Waals surface area contributed by atoms with Crippen molar-refractivity contribution in [2.75, 3.05) is 10.6 Å². The number of H-pyrrole nitrogens is 1. The van der Waals surface area contributed by atoms with E-state index >= 15 is 0 Å². The number of fused-ring (bicyclic) bond motifs is 1. The average molecular weight is 325 g/mol. The third-order valence-electron chi connectivity index (χ3n) is 3.95. The summed E-state index contributed by atoms with van der Waals surface area (Å²) in [5, 5.41) is 11.2. The van der Waals surface area contributed by atoms with Crippen LogP contribution in [0.25, 0.3) is 10.9 Å². The van der Waals surface area contributed by atoms with E-state index < -0.39 is 0 Å². The standard InChI is InChI=1S/C18H23N5O/c1-3-4-7-10-23-17(11-13(2)22-23)21-18(24)20-16-12-19-15-9-6-5-8-14(15)16/h5-6,8-9,11-12,19H,3-4,7,10H2,1-2H3,(H2,20,21,24). The first kappa shape index (κ1) is 16.1. The minimum Gasteiger partial charge on any atom is -0.359 e. The molecule has 3 rings (SSSR count). The molecule has 0 spiro atoms. The number of nitrogens with one attached hydrogen (secondary N) is 3. The van der Waals surface area contributed by atoms with Crippen LogP contribution in [0, 0.1) is 6.92 Å². The molecule has 0 aliphatic carbocycles. The molecule has 6 heteroatoms. The summed E-state index contributed by atoms with van der Waals surface area (Å²) in [5.41, 5.74) is 2.65. The number of anilines is 2. The molecule has 1 aromatic carbocycles. The van der Waals surface area contributed by atoms with Crippen LogP contribution >= 0.6 is 0 Å². The van der Waals surface area contributed by atoms with Gasteiger partial charge in [0.15, 0.2) is 0 Å². The molecule has 3 N–H and O–H groups in total. The Morgan fingerprint density at radius 1 is 1.25 bits per heavy atom. The number of para-hydroxylation sites is 1. The Hall–Kier alpha value is -2.76. The molecular weight excluding hydrogens is 302 g/mol. The van der Waals surface area contributed by atoms with Crippen molar-refractivity contribution < 1.29 is 4.79 Å². The summed E-state index contributed by atoms with van der Waals surface area (Å²) in [5.74, 6) is 0.723. The number of unbranched alkanes of at least 4 members (excludes halogenated alkanes) is 2. The van der Waals surface area contributed by atoms with Gasteiger partial charge in [0, 0.05) is 29.7 Å². The number of carbonyl (C=O) groups is 1. The van der Waals surface area contributed by atoms with E-state index in [9.17, 15) is 4.79 Å². The molecule has 0 fully saturated rings. The Balaban J connectivity index is 1.68. The van der Waals surface area contributed by atoms with Crippen LogP contribution < -0.4 is 10.6 Å². The van der Waals surface area contributed by atoms with E-state index in [2.05, 4.69) is 27.6 Å². The first-order chi connectivity index (χ1) is 11.7. The Labute approximate surface area is 141 Å². The van der Waals surface area contributed by atoms with E-state index in [1.54, 1.807) is 6.20 Å². The molecule has 0 saturated heterocycles. The molecule has 3 aromatic rings. The van der Waals surface area contributed by atoms with E-state index in [0.717, 1.165) is 53.9 Å². The van der Waals surface area contributed by atoms with Gasteiger partial charge in [0.2, 0.25) is 0 Å². The number of urea groups is 1. The van der Waals surface area contributed by atoms with Gasteiger partial charge in [0.1, 0.15) is 5.82 Å². The topological polar surface area (TPSA) is 74.7 Å². The van der Waals surface area contributed by atoms with Gasteiger partial charge in [-0.15, -0.1) is 0 Å². The molecule has 0 aliphatic heterocycles. The summed E-state index contributed by atoms with van der Waals surface area (Å²) < 4.78 is 1.86. The van der Waals surface area contributed by atoms with Crippen molar-refractivity contribution in [2.45, 2.75) is 39.7 Å². The molecule has 0 bridgehead atoms. The van der Waals surface area contributed by atoms with Gasteiger partial charge in [0.25, 0.3) is 0 Å². The Morgan fingerprint density at radius 3 is 2.92 bits per heavy atom. The molecule has 2 aromatic heterocycles. The van der Waals surface area contributed by atoms with Crippen molar-refractivity contribution in [3.8, 4) is 0 Å². The molecule has 0 saturated carbocycles. The number of carbonyl (C=O) groups excluding carboxylic acids is 1. The van der Waals surface area contributed by atoms with Crippen molar-refractivity contribution in [3.05, 3.63) is 42.2 Å². The average Bonchev–Trinajstić information content (AvgIpc) is 3.12. The number of aryl methyl sites for hydroxylation is 2. The van der Waals surface area contributed by atoms with Crippen LogP contribution in [0.15, 0.2) is 36.5 Å². The molecule has 0 radical (unpaired) electrons. The molecule has 126 valence electrons. The first-order valence-corrected chi connectivity index (χ1v) is 8.36. The van der Waals surface area contributed by atoms with Crippen molar-refractivity contribution in [2.24, 2.45) is 0 Å². The number of aromatic nitrogens is 3. The lowest BCUT2D eigenvalue weighted by atomic mass is 10.2. The minimum absolute atomic E-state index is 0.267. The van der Waals surface area contributed by atoms with Crippen LogP contribution in [-0.2, 0) is 6.54 Å². The summed E-state index contributed by atoms with van der Waals surface area (Å²) >= 11 is 0. The summed E-state index contributed by atoms with van der Waals surface area (Å²) in [4.78, 5) is 15.5. The fourth-order valence-corrected chi connectivity index (χ4v) is 2.77. The lowest BCUT2D eigenvalue weighted by molar-refractivity contribution is 0.262. The van der Waals surface area contributed by atoms with Crippen LogP contribution in [0.3, 0.4) is 0 Å². The Bertz CT molecular complexity index is 833. The van der Waals surface area contributed by atoms with Gasteiger partial charge >= 0.3 is 6.03 Å². The minimum atomic E-state index is -0.267. The van der Waals surface area contributed by atoms with Crippen LogP contribution in [0.5, 0.6) is 0 Å². The van der Waals surface area contributed by atoms with E-state index in [4.69, 9.17) is 0 Å². The molecule has 0 unspecified atom stereocenters. The summed E-state index contributed by atoms with van der Waals surface area (Å²) in [6.07, 6.45) is 5.16. The summed E-state index contributed by atoms with van der Waals surface area (Å²) in [7, 11) is 0. The van der Waals surface area contributed by atoms with E-state index in [1.807, 2.05) is 41.9 Å². The molecule has 0 atom stereocenters. The van der Waals surface area contributed by atoms with Gasteiger partial charge in [-0.1, -0.05) is 38.0 Å². The van der Waals surface area contributed by atoms with Gasteiger partial charge in [0.05, 0.1) is 11.4 Å². The summed E-state index contributed by atoms with van der Waals surface area (Å²) in [6, 6.07) is 9.48. The van der Waals surface area contributed by atoms with Gasteiger partial charge in [-0.05, 0) is 19.4 Å². The Morgan fingerprint density at radius 2 is 2.08 bits per heavy atom. The number of hydrogen-bond acceptors (Lipinski definition) is 2. The molecule has 2 amide bonds. The van der Waals surface area contributed by atoms with Crippen LogP contribution in [0.1, 0.15) is 31.9 Å². The highest BCUT2D eigenvalue weighted by molar-refractivity contribution is 6.05. The van der Waals surface area contributed by atoms with Crippen LogP contribution in [-0.4, -0.2) is 20.8 Å². The first-order valence-electron chi connectivity index (χ1n) is 8.36. The van der Waals surface area contributed by atoms with Gasteiger partial charge in [-0.3, -0.25) is 5.32 Å². The van der Waals surface area contributed by atoms with E-state index in [0.29, 0.717) is 0 Å². The second-order valence-corrected chi connectivity index (χ2v) is 5.93. The summed E-state index contributed by atoms with van der Waals surface area (Å²) in [6.45, 7) is 4.91. The van der Waals surface area contributed by atoms with Crippen molar-refractivity contribution in [3.63, 3.8) is 0 Å². The van der Waals surface area contributed by atoms with Crippen molar-refractivity contribution >= 4 is 28.4 Å². The normalized spacial score (nSPS) is 10.9. The SMILES string of the molecule is CCCCCn1nc(C)cc1NC(=O)Nc1c[nH]c2ccccc12. The highest BCUT2D eigenvalue weighted by Gasteiger charge is 2.11. The Kier molecular flexibility index (Phi) is 4.84. The van der Waals surface area contributed by atoms with Crippen LogP contribution in [0.2, 0.25) is 0 Å². The predicted molar refractivity (Wildman–Crippen MR) is 97.4 cm³/mol. The molecule has 6 nitrogen and oxygen atoms in total. The van der Waals surface area contributed by atoms with Gasteiger partial charge in [-0.2, -0.15) is 5.10 Å². The highest BCUT2D eigenvalue weighted by Crippen LogP contribution is 2.22. The maximum Gasteiger partial charge on any atom is 0.324 e. The zero-order valence-electron chi connectivity index (χ0n) is 14.1. The van der Waals surface area contributed by atoms with Crippen LogP contribution in [0.4, 0.5) is 16.3 Å². The number of nitrogens with zero attached hydrogens (tertiary/aromatic N) is 2. The highest BCUT2D eigenvalue weighted by atomic mass is 16.2. The number of aromatic amines is 1. The third-order valence-corrected chi connectivity index (χ3v) is 3.95. The lowest BCUT2D eigenvalue weighted by Crippen LogP contribution is -2.21. The van der Waals surface area contributed by atoms with Crippen molar-refractivity contribution in [1.82, 2.24) is 14.8 Å².